The third-order valence-corrected chi connectivity index (χ3v) is 2.96. The van der Waals surface area contributed by atoms with Gasteiger partial charge in [-0.25, -0.2) is 8.91 Å². The minimum Gasteiger partial charge on any atom is -0.486 e. The van der Waals surface area contributed by atoms with Crippen LogP contribution < -0.4 is 4.74 Å². The van der Waals surface area contributed by atoms with E-state index in [1.54, 1.807) is 12.1 Å². The van der Waals surface area contributed by atoms with Crippen LogP contribution in [0.2, 0.25) is 0 Å². The normalized spacial score (nSPS) is 10.9. The number of halogens is 1. The fourth-order valence-electron chi connectivity index (χ4n) is 1.97. The van der Waals surface area contributed by atoms with Crippen LogP contribution in [0.15, 0.2) is 48.7 Å². The first-order valence-electron chi connectivity index (χ1n) is 6.21. The summed E-state index contributed by atoms with van der Waals surface area (Å²) in [5, 5.41) is 13.1. The monoisotopic (exact) mass is 272 g/mol. The van der Waals surface area contributed by atoms with Crippen LogP contribution in [0.4, 0.5) is 4.39 Å². The number of rotatable bonds is 4. The Labute approximate surface area is 115 Å². The van der Waals surface area contributed by atoms with E-state index >= 15 is 0 Å². The molecule has 0 atom stereocenters. The Hall–Kier alpha value is -2.40. The summed E-state index contributed by atoms with van der Waals surface area (Å²) in [5.41, 5.74) is 2.14. The van der Waals surface area contributed by atoms with Gasteiger partial charge in [-0.15, -0.1) is 0 Å². The summed E-state index contributed by atoms with van der Waals surface area (Å²) in [6.45, 7) is 0.123. The molecule has 5 heteroatoms. The number of aromatic nitrogens is 2. The van der Waals surface area contributed by atoms with Crippen molar-refractivity contribution in [2.75, 3.05) is 0 Å². The Morgan fingerprint density at radius 2 is 2.00 bits per heavy atom. The maximum atomic E-state index is 13.9. The number of fused-ring (bicyclic) bond motifs is 1. The molecule has 20 heavy (non-hydrogen) atoms. The molecule has 2 aromatic heterocycles. The van der Waals surface area contributed by atoms with E-state index in [0.29, 0.717) is 17.8 Å². The average Bonchev–Trinajstić information content (AvgIpc) is 2.87. The summed E-state index contributed by atoms with van der Waals surface area (Å²) in [6, 6.07) is 12.8. The zero-order valence-electron chi connectivity index (χ0n) is 10.7. The van der Waals surface area contributed by atoms with E-state index in [-0.39, 0.29) is 12.4 Å². The summed E-state index contributed by atoms with van der Waals surface area (Å²) >= 11 is 0. The summed E-state index contributed by atoms with van der Waals surface area (Å²) in [6.07, 6.45) is 1.24. The fraction of sp³-hybridized carbons (Fsp3) is 0.133. The molecular formula is C15H13FN2O2. The highest BCUT2D eigenvalue weighted by Gasteiger charge is 2.09. The molecule has 0 saturated carbocycles. The lowest BCUT2D eigenvalue weighted by Crippen LogP contribution is -1.99. The molecule has 0 spiro atoms. The second-order valence-corrected chi connectivity index (χ2v) is 4.42. The molecule has 0 aliphatic carbocycles. The first-order chi connectivity index (χ1) is 9.76. The Balaban J connectivity index is 1.85. The van der Waals surface area contributed by atoms with Crippen molar-refractivity contribution in [3.8, 4) is 5.75 Å². The highest BCUT2D eigenvalue weighted by Crippen LogP contribution is 2.21. The van der Waals surface area contributed by atoms with Gasteiger partial charge in [0.05, 0.1) is 24.0 Å². The minimum absolute atomic E-state index is 0.172. The molecule has 102 valence electrons. The van der Waals surface area contributed by atoms with Crippen molar-refractivity contribution in [2.45, 2.75) is 13.2 Å². The first-order valence-corrected chi connectivity index (χ1v) is 6.21. The lowest BCUT2D eigenvalue weighted by atomic mass is 10.2. The topological polar surface area (TPSA) is 46.8 Å². The molecule has 3 rings (SSSR count). The molecule has 3 aromatic rings. The van der Waals surface area contributed by atoms with Gasteiger partial charge in [0.2, 0.25) is 0 Å². The van der Waals surface area contributed by atoms with Gasteiger partial charge in [-0.1, -0.05) is 30.3 Å². The lowest BCUT2D eigenvalue weighted by Gasteiger charge is -2.07. The second kappa shape index (κ2) is 5.30. The van der Waals surface area contributed by atoms with Crippen molar-refractivity contribution in [1.29, 1.82) is 0 Å². The molecule has 0 unspecified atom stereocenters. The first kappa shape index (κ1) is 12.6. The second-order valence-electron chi connectivity index (χ2n) is 4.42. The highest BCUT2D eigenvalue weighted by molar-refractivity contribution is 5.52. The zero-order chi connectivity index (χ0) is 13.9. The third kappa shape index (κ3) is 2.48. The molecule has 4 nitrogen and oxygen atoms in total. The highest BCUT2D eigenvalue weighted by atomic mass is 19.1. The van der Waals surface area contributed by atoms with Crippen LogP contribution in [-0.4, -0.2) is 14.7 Å². The van der Waals surface area contributed by atoms with E-state index < -0.39 is 5.82 Å². The molecule has 2 heterocycles. The quantitative estimate of drug-likeness (QED) is 0.794. The van der Waals surface area contributed by atoms with E-state index in [1.807, 2.05) is 30.3 Å². The Kier molecular flexibility index (Phi) is 3.35. The van der Waals surface area contributed by atoms with Crippen LogP contribution >= 0.6 is 0 Å². The van der Waals surface area contributed by atoms with Crippen molar-refractivity contribution >= 4 is 5.52 Å². The largest absolute Gasteiger partial charge is 0.486 e. The zero-order valence-corrected chi connectivity index (χ0v) is 10.7. The van der Waals surface area contributed by atoms with Crippen molar-refractivity contribution in [2.24, 2.45) is 0 Å². The minimum atomic E-state index is -0.485. The average molecular weight is 272 g/mol. The molecule has 0 saturated heterocycles. The molecule has 1 aromatic carbocycles. The summed E-state index contributed by atoms with van der Waals surface area (Å²) in [7, 11) is 0. The van der Waals surface area contributed by atoms with Gasteiger partial charge in [0.15, 0.2) is 11.6 Å². The smallest absolute Gasteiger partial charge is 0.183 e. The van der Waals surface area contributed by atoms with E-state index in [9.17, 15) is 4.39 Å². The number of pyridine rings is 1. The summed E-state index contributed by atoms with van der Waals surface area (Å²) < 4.78 is 20.8. The van der Waals surface area contributed by atoms with Gasteiger partial charge in [-0.3, -0.25) is 0 Å². The molecule has 1 N–H and O–H groups in total. The molecule has 0 fully saturated rings. The van der Waals surface area contributed by atoms with Gasteiger partial charge in [0, 0.05) is 6.07 Å². The summed E-state index contributed by atoms with van der Waals surface area (Å²) in [5.74, 6) is -0.313. The van der Waals surface area contributed by atoms with Crippen LogP contribution in [0, 0.1) is 5.82 Å². The predicted octanol–water partition coefficient (Wildman–Crippen LogP) is 2.54. The van der Waals surface area contributed by atoms with Crippen molar-refractivity contribution < 1.29 is 14.2 Å². The van der Waals surface area contributed by atoms with Crippen LogP contribution in [0.25, 0.3) is 5.52 Å². The van der Waals surface area contributed by atoms with Gasteiger partial charge >= 0.3 is 0 Å². The van der Waals surface area contributed by atoms with E-state index in [2.05, 4.69) is 5.10 Å². The third-order valence-electron chi connectivity index (χ3n) is 2.96. The standard InChI is InChI=1S/C15H13FN2O2/c16-14-8-18-13(6-12(9-19)17-18)7-15(14)20-10-11-4-2-1-3-5-11/h1-8,19H,9-10H2. The van der Waals surface area contributed by atoms with Crippen molar-refractivity contribution in [3.05, 3.63) is 65.7 Å². The molecule has 0 aliphatic rings. The number of aliphatic hydroxyl groups excluding tert-OH is 1. The van der Waals surface area contributed by atoms with Crippen LogP contribution in [0.1, 0.15) is 11.3 Å². The molecule has 0 aliphatic heterocycles. The predicted molar refractivity (Wildman–Crippen MR) is 71.8 cm³/mol. The Morgan fingerprint density at radius 1 is 1.20 bits per heavy atom. The molecule has 0 amide bonds. The van der Waals surface area contributed by atoms with Crippen LogP contribution in [0.3, 0.4) is 0 Å². The van der Waals surface area contributed by atoms with Crippen LogP contribution in [0.5, 0.6) is 5.75 Å². The maximum absolute atomic E-state index is 13.9. The van der Waals surface area contributed by atoms with E-state index in [1.165, 1.54) is 10.7 Å². The molecular weight excluding hydrogens is 259 g/mol. The number of benzene rings is 1. The number of hydrogen-bond donors (Lipinski definition) is 1. The Morgan fingerprint density at radius 3 is 2.75 bits per heavy atom. The maximum Gasteiger partial charge on any atom is 0.183 e. The van der Waals surface area contributed by atoms with Gasteiger partial charge in [-0.2, -0.15) is 5.10 Å². The summed E-state index contributed by atoms with van der Waals surface area (Å²) in [4.78, 5) is 0. The Bertz CT molecular complexity index is 725. The van der Waals surface area contributed by atoms with Gasteiger partial charge < -0.3 is 9.84 Å². The van der Waals surface area contributed by atoms with Crippen molar-refractivity contribution in [1.82, 2.24) is 9.61 Å². The lowest BCUT2D eigenvalue weighted by molar-refractivity contribution is 0.276. The van der Waals surface area contributed by atoms with Gasteiger partial charge in [0.25, 0.3) is 0 Å². The van der Waals surface area contributed by atoms with E-state index in [0.717, 1.165) is 5.56 Å². The van der Waals surface area contributed by atoms with E-state index in [4.69, 9.17) is 9.84 Å². The number of aliphatic hydroxyl groups is 1. The van der Waals surface area contributed by atoms with Crippen LogP contribution in [-0.2, 0) is 13.2 Å². The fourth-order valence-corrected chi connectivity index (χ4v) is 1.97. The van der Waals surface area contributed by atoms with Gasteiger partial charge in [-0.05, 0) is 11.6 Å². The van der Waals surface area contributed by atoms with Gasteiger partial charge in [0.1, 0.15) is 6.61 Å². The molecule has 0 bridgehead atoms. The van der Waals surface area contributed by atoms with Crippen molar-refractivity contribution in [3.63, 3.8) is 0 Å². The number of ether oxygens (including phenoxy) is 1. The number of hydrogen-bond acceptors (Lipinski definition) is 3. The number of nitrogens with zero attached hydrogens (tertiary/aromatic N) is 2. The molecule has 0 radical (unpaired) electrons. The SMILES string of the molecule is OCc1cc2cc(OCc3ccccc3)c(F)cn2n1.